The summed E-state index contributed by atoms with van der Waals surface area (Å²) in [5.74, 6) is 0.342. The summed E-state index contributed by atoms with van der Waals surface area (Å²) in [4.78, 5) is 3.13. The Hall–Kier alpha value is -2.22. The van der Waals surface area contributed by atoms with Crippen LogP contribution in [0.25, 0.3) is 10.9 Å². The highest BCUT2D eigenvalue weighted by molar-refractivity contribution is 5.86. The molecule has 0 radical (unpaired) electrons. The first-order valence-electron chi connectivity index (χ1n) is 5.66. The zero-order valence-electron chi connectivity index (χ0n) is 9.35. The number of fused-ring (bicyclic) bond motifs is 1. The van der Waals surface area contributed by atoms with Gasteiger partial charge < -0.3 is 10.1 Å². The summed E-state index contributed by atoms with van der Waals surface area (Å²) in [6.07, 6.45) is 2.68. The van der Waals surface area contributed by atoms with Gasteiger partial charge in [-0.15, -0.1) is 0 Å². The third-order valence-electron chi connectivity index (χ3n) is 2.96. The maximum atomic E-state index is 9.90. The van der Waals surface area contributed by atoms with E-state index in [4.69, 9.17) is 0 Å². The predicted octanol–water partition coefficient (Wildman–Crippen LogP) is 3.46. The Morgan fingerprint density at radius 3 is 2.59 bits per heavy atom. The van der Waals surface area contributed by atoms with Crippen molar-refractivity contribution in [2.45, 2.75) is 6.42 Å². The number of phenols is 1. The van der Waals surface area contributed by atoms with Crippen LogP contribution in [0.3, 0.4) is 0 Å². The zero-order chi connectivity index (χ0) is 11.7. The highest BCUT2D eigenvalue weighted by atomic mass is 16.3. The number of phenolic OH excluding ortho intramolecular Hbond substituents is 1. The quantitative estimate of drug-likeness (QED) is 0.685. The predicted molar refractivity (Wildman–Crippen MR) is 69.2 cm³/mol. The molecule has 1 aromatic heterocycles. The molecule has 0 aliphatic heterocycles. The van der Waals surface area contributed by atoms with Gasteiger partial charge in [-0.05, 0) is 35.7 Å². The summed E-state index contributed by atoms with van der Waals surface area (Å²) < 4.78 is 0. The number of benzene rings is 2. The second-order valence-corrected chi connectivity index (χ2v) is 4.22. The largest absolute Gasteiger partial charge is 0.507 e. The molecule has 0 aliphatic rings. The van der Waals surface area contributed by atoms with E-state index >= 15 is 0 Å². The Morgan fingerprint density at radius 1 is 0.941 bits per heavy atom. The van der Waals surface area contributed by atoms with E-state index in [2.05, 4.69) is 23.2 Å². The average molecular weight is 223 g/mol. The van der Waals surface area contributed by atoms with Gasteiger partial charge in [0.15, 0.2) is 0 Å². The second kappa shape index (κ2) is 3.98. The van der Waals surface area contributed by atoms with Crippen molar-refractivity contribution in [3.05, 3.63) is 65.9 Å². The van der Waals surface area contributed by atoms with Crippen molar-refractivity contribution < 1.29 is 5.11 Å². The third-order valence-corrected chi connectivity index (χ3v) is 2.96. The van der Waals surface area contributed by atoms with Crippen molar-refractivity contribution in [2.75, 3.05) is 0 Å². The minimum atomic E-state index is 0.342. The van der Waals surface area contributed by atoms with Gasteiger partial charge in [0, 0.05) is 17.1 Å². The fourth-order valence-electron chi connectivity index (χ4n) is 2.14. The van der Waals surface area contributed by atoms with Crippen molar-refractivity contribution in [1.82, 2.24) is 4.98 Å². The SMILES string of the molecule is Oc1cc(Cc2ccccc2)cc2[nH]ccc12. The van der Waals surface area contributed by atoms with Crippen LogP contribution in [0.4, 0.5) is 0 Å². The van der Waals surface area contributed by atoms with E-state index in [-0.39, 0.29) is 0 Å². The number of aromatic amines is 1. The number of hydrogen-bond donors (Lipinski definition) is 2. The zero-order valence-corrected chi connectivity index (χ0v) is 9.35. The summed E-state index contributed by atoms with van der Waals surface area (Å²) in [6, 6.07) is 16.1. The van der Waals surface area contributed by atoms with E-state index in [1.807, 2.05) is 36.5 Å². The molecule has 84 valence electrons. The normalized spacial score (nSPS) is 10.8. The van der Waals surface area contributed by atoms with E-state index < -0.39 is 0 Å². The van der Waals surface area contributed by atoms with Gasteiger partial charge in [0.1, 0.15) is 5.75 Å². The monoisotopic (exact) mass is 223 g/mol. The van der Waals surface area contributed by atoms with Crippen LogP contribution in [-0.4, -0.2) is 10.1 Å². The molecule has 3 rings (SSSR count). The van der Waals surface area contributed by atoms with Crippen LogP contribution in [0.5, 0.6) is 5.75 Å². The first-order chi connectivity index (χ1) is 8.33. The summed E-state index contributed by atoms with van der Waals surface area (Å²) in [5.41, 5.74) is 3.34. The molecule has 2 aromatic carbocycles. The second-order valence-electron chi connectivity index (χ2n) is 4.22. The Morgan fingerprint density at radius 2 is 1.76 bits per heavy atom. The fraction of sp³-hybridized carbons (Fsp3) is 0.0667. The molecule has 0 bridgehead atoms. The lowest BCUT2D eigenvalue weighted by Crippen LogP contribution is -1.87. The lowest BCUT2D eigenvalue weighted by atomic mass is 10.0. The van der Waals surface area contributed by atoms with Crippen LogP contribution in [0.15, 0.2) is 54.7 Å². The molecule has 0 fully saturated rings. The van der Waals surface area contributed by atoms with Crippen LogP contribution in [0, 0.1) is 0 Å². The molecule has 3 aromatic rings. The first kappa shape index (κ1) is 9.97. The lowest BCUT2D eigenvalue weighted by Gasteiger charge is -2.04. The van der Waals surface area contributed by atoms with E-state index in [1.54, 1.807) is 0 Å². The minimum Gasteiger partial charge on any atom is -0.507 e. The molecule has 0 saturated heterocycles. The number of rotatable bonds is 2. The van der Waals surface area contributed by atoms with Gasteiger partial charge >= 0.3 is 0 Å². The number of aromatic hydroxyl groups is 1. The molecular formula is C15H13NO. The Kier molecular flexibility index (Phi) is 2.33. The van der Waals surface area contributed by atoms with Gasteiger partial charge in [-0.1, -0.05) is 30.3 Å². The molecule has 0 saturated carbocycles. The topological polar surface area (TPSA) is 36.0 Å². The summed E-state index contributed by atoms with van der Waals surface area (Å²) in [6.45, 7) is 0. The van der Waals surface area contributed by atoms with Gasteiger partial charge in [-0.3, -0.25) is 0 Å². The molecule has 0 amide bonds. The summed E-state index contributed by atoms with van der Waals surface area (Å²) in [5, 5.41) is 10.8. The fourth-order valence-corrected chi connectivity index (χ4v) is 2.14. The van der Waals surface area contributed by atoms with Crippen molar-refractivity contribution in [1.29, 1.82) is 0 Å². The van der Waals surface area contributed by atoms with Gasteiger partial charge in [0.2, 0.25) is 0 Å². The molecule has 0 spiro atoms. The van der Waals surface area contributed by atoms with Crippen LogP contribution in [-0.2, 0) is 6.42 Å². The highest BCUT2D eigenvalue weighted by Crippen LogP contribution is 2.26. The van der Waals surface area contributed by atoms with Crippen molar-refractivity contribution in [3.63, 3.8) is 0 Å². The van der Waals surface area contributed by atoms with Crippen molar-refractivity contribution in [2.24, 2.45) is 0 Å². The number of hydrogen-bond acceptors (Lipinski definition) is 1. The van der Waals surface area contributed by atoms with Gasteiger partial charge in [-0.2, -0.15) is 0 Å². The Balaban J connectivity index is 2.01. The van der Waals surface area contributed by atoms with Crippen LogP contribution >= 0.6 is 0 Å². The van der Waals surface area contributed by atoms with Crippen LogP contribution in [0.2, 0.25) is 0 Å². The standard InChI is InChI=1S/C15H13NO/c17-15-10-12(8-11-4-2-1-3-5-11)9-14-13(15)6-7-16-14/h1-7,9-10,16-17H,8H2. The maximum absolute atomic E-state index is 9.90. The molecule has 1 heterocycles. The minimum absolute atomic E-state index is 0.342. The van der Waals surface area contributed by atoms with Gasteiger partial charge in [-0.25, -0.2) is 0 Å². The molecule has 0 unspecified atom stereocenters. The van der Waals surface area contributed by atoms with E-state index in [0.29, 0.717) is 5.75 Å². The van der Waals surface area contributed by atoms with Crippen molar-refractivity contribution in [3.8, 4) is 5.75 Å². The molecule has 17 heavy (non-hydrogen) atoms. The molecule has 2 N–H and O–H groups in total. The number of H-pyrrole nitrogens is 1. The van der Waals surface area contributed by atoms with Gasteiger partial charge in [0.25, 0.3) is 0 Å². The molecule has 2 nitrogen and oxygen atoms in total. The van der Waals surface area contributed by atoms with E-state index in [9.17, 15) is 5.11 Å². The molecular weight excluding hydrogens is 210 g/mol. The number of aromatic nitrogens is 1. The Bertz CT molecular complexity index is 640. The molecule has 0 aliphatic carbocycles. The highest BCUT2D eigenvalue weighted by Gasteiger charge is 2.04. The molecule has 2 heteroatoms. The lowest BCUT2D eigenvalue weighted by molar-refractivity contribution is 0.481. The third kappa shape index (κ3) is 1.89. The smallest absolute Gasteiger partial charge is 0.125 e. The first-order valence-corrected chi connectivity index (χ1v) is 5.66. The van der Waals surface area contributed by atoms with E-state index in [1.165, 1.54) is 5.56 Å². The summed E-state index contributed by atoms with van der Waals surface area (Å²) in [7, 11) is 0. The summed E-state index contributed by atoms with van der Waals surface area (Å²) >= 11 is 0. The van der Waals surface area contributed by atoms with Crippen LogP contribution in [0.1, 0.15) is 11.1 Å². The Labute approximate surface area is 99.5 Å². The van der Waals surface area contributed by atoms with Gasteiger partial charge in [0.05, 0.1) is 0 Å². The van der Waals surface area contributed by atoms with Crippen LogP contribution < -0.4 is 0 Å². The van der Waals surface area contributed by atoms with E-state index in [0.717, 1.165) is 22.9 Å². The van der Waals surface area contributed by atoms with Crippen molar-refractivity contribution >= 4 is 10.9 Å². The average Bonchev–Trinajstić information content (AvgIpc) is 2.79. The molecule has 0 atom stereocenters. The number of nitrogens with one attached hydrogen (secondary N) is 1. The maximum Gasteiger partial charge on any atom is 0.125 e.